The van der Waals surface area contributed by atoms with Gasteiger partial charge in [-0.25, -0.2) is 0 Å². The molecule has 340 valence electrons. The molecule has 2 N–H and O–H groups in total. The molecule has 7 heterocycles. The highest BCUT2D eigenvalue weighted by molar-refractivity contribution is 5.60. The number of aromatic nitrogens is 14. The van der Waals surface area contributed by atoms with Gasteiger partial charge in [-0.3, -0.25) is 0 Å². The van der Waals surface area contributed by atoms with E-state index in [0.717, 1.165) is 51.4 Å². The Morgan fingerprint density at radius 1 is 0.424 bits per heavy atom. The summed E-state index contributed by atoms with van der Waals surface area (Å²) in [4.78, 5) is 26.9. The monoisotopic (exact) mass is 898 g/mol. The van der Waals surface area contributed by atoms with Gasteiger partial charge in [0.25, 0.3) is 25.3 Å². The van der Waals surface area contributed by atoms with Crippen molar-refractivity contribution in [3.63, 3.8) is 0 Å². The van der Waals surface area contributed by atoms with E-state index in [9.17, 15) is 10.2 Å². The van der Waals surface area contributed by atoms with E-state index in [2.05, 4.69) is 47.6 Å². The highest BCUT2D eigenvalue weighted by Gasteiger charge is 2.31. The Balaban J connectivity index is 1.27. The first-order valence-electron chi connectivity index (χ1n) is 22.5. The van der Waals surface area contributed by atoms with Crippen LogP contribution in [0.2, 0.25) is 0 Å². The molecule has 0 fully saturated rings. The molecule has 0 unspecified atom stereocenters. The van der Waals surface area contributed by atoms with Crippen LogP contribution in [0.5, 0.6) is 35.0 Å². The van der Waals surface area contributed by atoms with Crippen LogP contribution in [-0.2, 0) is 0 Å². The maximum Gasteiger partial charge on any atom is 0.335 e. The van der Waals surface area contributed by atoms with Crippen LogP contribution in [-0.4, -0.2) is 84.8 Å². The average molecular weight is 899 g/mol. The summed E-state index contributed by atoms with van der Waals surface area (Å²) in [5.41, 5.74) is 2.72. The lowest BCUT2D eigenvalue weighted by Gasteiger charge is -2.15. The molecule has 20 heteroatoms. The number of ether oxygens (including phenoxy) is 4. The Morgan fingerprint density at radius 2 is 0.742 bits per heavy atom. The van der Waals surface area contributed by atoms with Crippen molar-refractivity contribution < 1.29 is 47.4 Å². The molecule has 0 atom stereocenters. The van der Waals surface area contributed by atoms with E-state index in [1.165, 1.54) is 0 Å². The molecule has 1 aliphatic heterocycles. The van der Waals surface area contributed by atoms with Gasteiger partial charge in [-0.15, -0.1) is 29.9 Å². The fourth-order valence-electron chi connectivity index (χ4n) is 7.38. The minimum Gasteiger partial charge on any atom is -0.489 e. The molecule has 1 aliphatic rings. The van der Waals surface area contributed by atoms with Gasteiger partial charge in [0, 0.05) is 0 Å². The lowest BCUT2D eigenvalue weighted by Crippen LogP contribution is -2.34. The van der Waals surface area contributed by atoms with E-state index < -0.39 is 12.0 Å². The molecular weight excluding hydrogens is 845 g/mol. The van der Waals surface area contributed by atoms with Gasteiger partial charge in [0.1, 0.15) is 49.6 Å². The topological polar surface area (TPSA) is 190 Å². The van der Waals surface area contributed by atoms with Crippen molar-refractivity contribution in [2.24, 2.45) is 0 Å². The van der Waals surface area contributed by atoms with Gasteiger partial charge >= 0.3 is 35.8 Å². The van der Waals surface area contributed by atoms with Crippen LogP contribution in [0, 0.1) is 0 Å². The van der Waals surface area contributed by atoms with E-state index in [4.69, 9.17) is 28.9 Å². The van der Waals surface area contributed by atoms with E-state index >= 15 is 0 Å². The molecule has 0 saturated heterocycles. The first kappa shape index (κ1) is 43.4. The largest absolute Gasteiger partial charge is 0.489 e. The van der Waals surface area contributed by atoms with Crippen molar-refractivity contribution >= 4 is 0 Å². The third-order valence-corrected chi connectivity index (χ3v) is 10.9. The molecule has 0 spiro atoms. The molecule has 20 nitrogen and oxygen atoms in total. The Bertz CT molecular complexity index is 2770. The second-order valence-corrected chi connectivity index (χ2v) is 15.7. The molecule has 0 amide bonds. The summed E-state index contributed by atoms with van der Waals surface area (Å²) >= 11 is 0. The fourth-order valence-corrected chi connectivity index (χ4v) is 7.38. The van der Waals surface area contributed by atoms with Crippen LogP contribution >= 0.6 is 0 Å². The molecule has 2 aromatic carbocycles. The number of hydrogen-bond donors (Lipinski definition) is 2. The number of rotatable bonds is 16. The van der Waals surface area contributed by atoms with Gasteiger partial charge in [-0.1, -0.05) is 53.4 Å². The van der Waals surface area contributed by atoms with Gasteiger partial charge in [-0.2, -0.15) is 36.5 Å². The predicted octanol–water partition coefficient (Wildman–Crippen LogP) is 4.77. The minimum atomic E-state index is -0.459. The number of unbranched alkanes of at least 4 members (excludes halogenated alkanes) is 4. The Morgan fingerprint density at radius 3 is 1.09 bits per heavy atom. The Labute approximate surface area is 380 Å². The van der Waals surface area contributed by atoms with Crippen molar-refractivity contribution in [3.8, 4) is 81.6 Å². The molecular formula is C46H54N14O6+4. The zero-order valence-corrected chi connectivity index (χ0v) is 37.5. The number of nitrogens with zero attached hydrogens (tertiary/aromatic N) is 14. The van der Waals surface area contributed by atoms with Crippen LogP contribution < -0.4 is 37.2 Å². The summed E-state index contributed by atoms with van der Waals surface area (Å²) in [5, 5.41) is 22.0. The van der Waals surface area contributed by atoms with Gasteiger partial charge in [0.15, 0.2) is 22.9 Å². The zero-order chi connectivity index (χ0) is 45.6. The first-order chi connectivity index (χ1) is 32.3. The summed E-state index contributed by atoms with van der Waals surface area (Å²) < 4.78 is 40.6. The number of fused-ring (bicyclic) bond motifs is 24. The highest BCUT2D eigenvalue weighted by Crippen LogP contribution is 2.36. The normalized spacial score (nSPS) is 11.6. The highest BCUT2D eigenvalue weighted by atomic mass is 16.5. The molecule has 0 saturated carbocycles. The van der Waals surface area contributed by atoms with Crippen molar-refractivity contribution in [2.75, 3.05) is 26.4 Å². The van der Waals surface area contributed by atoms with Gasteiger partial charge < -0.3 is 29.2 Å². The fraction of sp³-hybridized carbons (Fsp3) is 0.348. The maximum absolute atomic E-state index is 11.0. The van der Waals surface area contributed by atoms with Crippen molar-refractivity contribution in [1.82, 2.24) is 48.2 Å². The van der Waals surface area contributed by atoms with Crippen molar-refractivity contribution in [2.45, 2.75) is 79.1 Å². The van der Waals surface area contributed by atoms with Crippen molar-refractivity contribution in [3.05, 3.63) is 99.1 Å². The van der Waals surface area contributed by atoms with Crippen LogP contribution in [0.15, 0.2) is 99.1 Å². The van der Waals surface area contributed by atoms with Crippen LogP contribution in [0.4, 0.5) is 0 Å². The number of imidazole rings is 4. The molecule has 66 heavy (non-hydrogen) atoms. The molecule has 9 rings (SSSR count). The summed E-state index contributed by atoms with van der Waals surface area (Å²) in [6, 6.07) is 6.82. The predicted molar refractivity (Wildman–Crippen MR) is 235 cm³/mol. The van der Waals surface area contributed by atoms with Gasteiger partial charge in [0.05, 0.1) is 26.4 Å². The Kier molecular flexibility index (Phi) is 12.8. The third-order valence-electron chi connectivity index (χ3n) is 10.9. The van der Waals surface area contributed by atoms with E-state index in [0.29, 0.717) is 72.2 Å². The van der Waals surface area contributed by atoms with E-state index in [1.54, 1.807) is 68.4 Å². The molecule has 0 radical (unpaired) electrons. The minimum absolute atomic E-state index is 0.172. The van der Waals surface area contributed by atoms with E-state index in [1.807, 2.05) is 67.3 Å². The zero-order valence-electron chi connectivity index (χ0n) is 37.5. The lowest BCUT2D eigenvalue weighted by atomic mass is 10.2. The second kappa shape index (κ2) is 19.5. The standard InChI is InChI=1S/C46H52N14O6/c1-5-9-25-63-35-15-13-33-39(65-27-11-7-3)37(35)55-19-23-59(31-55)43-48-44(52-46(62)51-43)60-24-20-56(32-60)38-36(64-26-10-6-2)16-14-34(40(38)66-28-12-8-4)54-18-22-58(30-54)42-47-41(49-45(61)50-42)57-21-17-53(33)29-57/h13-24,29-32H,5-12,25-28H2,1-4H3/q+2/p+2. The molecule has 8 aromatic rings. The smallest absolute Gasteiger partial charge is 0.335 e. The first-order valence-corrected chi connectivity index (χ1v) is 22.5. The van der Waals surface area contributed by atoms with Gasteiger partial charge in [-0.05, 0) is 49.9 Å². The van der Waals surface area contributed by atoms with Crippen LogP contribution in [0.3, 0.4) is 0 Å². The third kappa shape index (κ3) is 8.93. The lowest BCUT2D eigenvalue weighted by molar-refractivity contribution is -0.604. The van der Waals surface area contributed by atoms with Crippen LogP contribution in [0.25, 0.3) is 46.5 Å². The van der Waals surface area contributed by atoms with Gasteiger partial charge in [0.2, 0.25) is 22.9 Å². The SMILES string of the molecule is CCCCOc1ccc2c(OCCCC)c1-[n+]1ccn(c1)-c1nc(O)nc(n1)-n1cc[n+](c1)-c1c(OCCCC)ccc(c1OCCCC)-[n+]1ccn(c1)-c1nc(O)nc(n1)-n1cc[n+]-2c1. The van der Waals surface area contributed by atoms with Crippen molar-refractivity contribution in [1.29, 1.82) is 0 Å². The number of hydrogen-bond acceptors (Lipinski definition) is 12. The quantitative estimate of drug-likeness (QED) is 0.100. The summed E-state index contributed by atoms with van der Waals surface area (Å²) in [6.07, 6.45) is 28.9. The van der Waals surface area contributed by atoms with Crippen LogP contribution in [0.1, 0.15) is 79.1 Å². The average Bonchev–Trinajstić information content (AvgIpc) is 4.17. The number of aromatic hydroxyl groups is 2. The second-order valence-electron chi connectivity index (χ2n) is 15.7. The summed E-state index contributed by atoms with van der Waals surface area (Å²) in [5.74, 6) is 3.05. The molecule has 0 aliphatic carbocycles. The maximum atomic E-state index is 11.0. The summed E-state index contributed by atoms with van der Waals surface area (Å²) in [6.45, 7) is 10.3. The summed E-state index contributed by atoms with van der Waals surface area (Å²) in [7, 11) is 0. The molecule has 6 aromatic heterocycles. The molecule has 16 bridgehead atoms. The number of benzene rings is 2. The van der Waals surface area contributed by atoms with E-state index in [-0.39, 0.29) is 23.8 Å². The Hall–Kier alpha value is -7.90.